The Morgan fingerprint density at radius 3 is 2.14 bits per heavy atom. The predicted octanol–water partition coefficient (Wildman–Crippen LogP) is 4.37. The number of benzene rings is 2. The molecule has 0 radical (unpaired) electrons. The molecule has 0 saturated heterocycles. The molecule has 6 heteroatoms. The van der Waals surface area contributed by atoms with Crippen LogP contribution in [0.25, 0.3) is 11.1 Å². The zero-order valence-electron chi connectivity index (χ0n) is 17.2. The molecular weight excluding hydrogens is 390 g/mol. The second kappa shape index (κ2) is 10.1. The summed E-state index contributed by atoms with van der Waals surface area (Å²) in [6.07, 6.45) is -0.476. The van der Waals surface area contributed by atoms with Gasteiger partial charge in [0.2, 0.25) is 0 Å². The van der Waals surface area contributed by atoms with Gasteiger partial charge in [-0.3, -0.25) is 0 Å². The third-order valence-corrected chi connectivity index (χ3v) is 4.89. The monoisotopic (exact) mass is 419 g/mol. The largest absolute Gasteiger partial charge is 0.449 e. The number of hydrogen-bond acceptors (Lipinski definition) is 4. The maximum Gasteiger partial charge on any atom is 0.407 e. The van der Waals surface area contributed by atoms with Crippen LogP contribution in [-0.2, 0) is 9.47 Å². The van der Waals surface area contributed by atoms with E-state index < -0.39 is 6.09 Å². The number of carbonyl (C=O) groups is 1. The van der Waals surface area contributed by atoms with Gasteiger partial charge in [-0.25, -0.2) is 4.79 Å². The van der Waals surface area contributed by atoms with E-state index in [9.17, 15) is 9.90 Å². The summed E-state index contributed by atoms with van der Waals surface area (Å²) in [5.41, 5.74) is 4.49. The fourth-order valence-corrected chi connectivity index (χ4v) is 3.42. The lowest BCUT2D eigenvalue weighted by Gasteiger charge is -2.23. The molecule has 1 amide bonds. The molecule has 0 fully saturated rings. The molecule has 0 aromatic heterocycles. The fourth-order valence-electron chi connectivity index (χ4n) is 3.42. The van der Waals surface area contributed by atoms with Gasteiger partial charge in [-0.2, -0.15) is 0 Å². The zero-order valence-corrected chi connectivity index (χ0v) is 18.0. The Morgan fingerprint density at radius 1 is 1.07 bits per heavy atom. The summed E-state index contributed by atoms with van der Waals surface area (Å²) in [5, 5.41) is 12.2. The van der Waals surface area contributed by atoms with E-state index in [-0.39, 0.29) is 43.1 Å². The number of nitrogens with one attached hydrogen (secondary N) is 1. The molecule has 1 aliphatic carbocycles. The summed E-state index contributed by atoms with van der Waals surface area (Å²) in [6.45, 7) is 6.79. The van der Waals surface area contributed by atoms with Gasteiger partial charge < -0.3 is 19.9 Å². The van der Waals surface area contributed by atoms with E-state index in [1.165, 1.54) is 22.3 Å². The summed E-state index contributed by atoms with van der Waals surface area (Å²) >= 11 is 0. The third-order valence-electron chi connectivity index (χ3n) is 4.89. The number of halogens is 1. The maximum absolute atomic E-state index is 12.2. The number of alkyl carbamates (subject to hydrolysis) is 1. The second-order valence-corrected chi connectivity index (χ2v) is 8.18. The lowest BCUT2D eigenvalue weighted by atomic mass is 9.98. The van der Waals surface area contributed by atoms with Crippen molar-refractivity contribution in [2.24, 2.45) is 5.92 Å². The Kier molecular flexibility index (Phi) is 8.08. The minimum absolute atomic E-state index is 0. The van der Waals surface area contributed by atoms with E-state index in [1.54, 1.807) is 0 Å². The van der Waals surface area contributed by atoms with E-state index in [0.717, 1.165) is 0 Å². The van der Waals surface area contributed by atoms with Crippen LogP contribution in [0.2, 0.25) is 0 Å². The van der Waals surface area contributed by atoms with Crippen molar-refractivity contribution in [3.05, 3.63) is 59.7 Å². The highest BCUT2D eigenvalue weighted by Crippen LogP contribution is 2.44. The summed E-state index contributed by atoms with van der Waals surface area (Å²) in [6, 6.07) is 16.5. The molecule has 2 N–H and O–H groups in total. The number of aliphatic hydroxyl groups is 1. The Hall–Kier alpha value is -2.08. The minimum atomic E-state index is -0.476. The Labute approximate surface area is 178 Å². The summed E-state index contributed by atoms with van der Waals surface area (Å²) < 4.78 is 11.2. The highest BCUT2D eigenvalue weighted by atomic mass is 35.5. The first-order valence-corrected chi connectivity index (χ1v) is 9.72. The van der Waals surface area contributed by atoms with E-state index in [4.69, 9.17) is 9.47 Å². The first-order valence-electron chi connectivity index (χ1n) is 9.72. The van der Waals surface area contributed by atoms with Gasteiger partial charge in [0.25, 0.3) is 0 Å². The third kappa shape index (κ3) is 5.95. The number of fused-ring (bicyclic) bond motifs is 3. The molecule has 0 unspecified atom stereocenters. The van der Waals surface area contributed by atoms with Crippen LogP contribution in [0.3, 0.4) is 0 Å². The average Bonchev–Trinajstić information content (AvgIpc) is 2.99. The van der Waals surface area contributed by atoms with Gasteiger partial charge in [0.05, 0.1) is 12.2 Å². The molecule has 3 rings (SSSR count). The van der Waals surface area contributed by atoms with E-state index in [0.29, 0.717) is 13.2 Å². The van der Waals surface area contributed by atoms with Crippen molar-refractivity contribution in [3.8, 4) is 11.1 Å². The van der Waals surface area contributed by atoms with E-state index in [2.05, 4.69) is 29.6 Å². The van der Waals surface area contributed by atoms with Crippen LogP contribution in [0, 0.1) is 5.92 Å². The van der Waals surface area contributed by atoms with Crippen LogP contribution in [0.5, 0.6) is 0 Å². The van der Waals surface area contributed by atoms with Gasteiger partial charge in [-0.05, 0) is 43.0 Å². The zero-order chi connectivity index (χ0) is 20.1. The van der Waals surface area contributed by atoms with Crippen molar-refractivity contribution >= 4 is 18.5 Å². The normalized spacial score (nSPS) is 13.8. The number of ether oxygens (including phenoxy) is 2. The van der Waals surface area contributed by atoms with Gasteiger partial charge in [0.1, 0.15) is 6.61 Å². The van der Waals surface area contributed by atoms with Gasteiger partial charge in [-0.1, -0.05) is 48.5 Å². The van der Waals surface area contributed by atoms with Crippen molar-refractivity contribution in [1.29, 1.82) is 0 Å². The molecule has 0 saturated carbocycles. The summed E-state index contributed by atoms with van der Waals surface area (Å²) in [7, 11) is 0. The molecule has 29 heavy (non-hydrogen) atoms. The van der Waals surface area contributed by atoms with Crippen LogP contribution < -0.4 is 5.32 Å². The molecule has 1 aliphatic rings. The van der Waals surface area contributed by atoms with Crippen molar-refractivity contribution in [3.63, 3.8) is 0 Å². The Bertz CT molecular complexity index is 773. The van der Waals surface area contributed by atoms with E-state index in [1.807, 2.05) is 45.0 Å². The highest BCUT2D eigenvalue weighted by Gasteiger charge is 2.29. The molecule has 2 aromatic carbocycles. The van der Waals surface area contributed by atoms with Gasteiger partial charge in [0.15, 0.2) is 0 Å². The van der Waals surface area contributed by atoms with Crippen LogP contribution in [0.1, 0.15) is 37.8 Å². The smallest absolute Gasteiger partial charge is 0.407 e. The quantitative estimate of drug-likeness (QED) is 0.699. The molecule has 1 atom stereocenters. The Morgan fingerprint density at radius 2 is 1.62 bits per heavy atom. The second-order valence-electron chi connectivity index (χ2n) is 8.18. The van der Waals surface area contributed by atoms with Crippen molar-refractivity contribution in [1.82, 2.24) is 5.32 Å². The van der Waals surface area contributed by atoms with Crippen LogP contribution >= 0.6 is 12.4 Å². The lowest BCUT2D eigenvalue weighted by Crippen LogP contribution is -2.35. The first-order chi connectivity index (χ1) is 13.4. The standard InChI is InChI=1S/C23H29NO4.ClH/c1-23(2,3)28-14-16(13-25)12-24-22(26)27-15-21-19-10-6-4-8-17(19)18-9-5-7-11-20(18)21;/h4-11,16,21,25H,12-15H2,1-3H3,(H,24,26);1H/t16-;/m0./s1. The fraction of sp³-hybridized carbons (Fsp3) is 0.435. The van der Waals surface area contributed by atoms with Gasteiger partial charge >= 0.3 is 6.09 Å². The number of aliphatic hydroxyl groups excluding tert-OH is 1. The SMILES string of the molecule is CC(C)(C)OC[C@H](CO)CNC(=O)OCC1c2ccccc2-c2ccccc21.Cl. The maximum atomic E-state index is 12.2. The van der Waals surface area contributed by atoms with E-state index >= 15 is 0 Å². The summed E-state index contributed by atoms with van der Waals surface area (Å²) in [4.78, 5) is 12.2. The first kappa shape index (κ1) is 23.2. The van der Waals surface area contributed by atoms with Gasteiger partial charge in [0, 0.05) is 25.0 Å². The molecular formula is C23H30ClNO4. The predicted molar refractivity (Wildman–Crippen MR) is 117 cm³/mol. The van der Waals surface area contributed by atoms with Crippen LogP contribution in [0.15, 0.2) is 48.5 Å². The molecule has 0 spiro atoms. The number of amides is 1. The molecule has 158 valence electrons. The number of carbonyl (C=O) groups excluding carboxylic acids is 1. The summed E-state index contributed by atoms with van der Waals surface area (Å²) in [5.74, 6) is -0.129. The van der Waals surface area contributed by atoms with Crippen molar-refractivity contribution in [2.45, 2.75) is 32.3 Å². The Balaban J connectivity index is 0.00000300. The van der Waals surface area contributed by atoms with Crippen molar-refractivity contribution < 1.29 is 19.4 Å². The highest BCUT2D eigenvalue weighted by molar-refractivity contribution is 5.85. The lowest BCUT2D eigenvalue weighted by molar-refractivity contribution is -0.0303. The molecule has 0 bridgehead atoms. The molecule has 5 nitrogen and oxygen atoms in total. The van der Waals surface area contributed by atoms with Gasteiger partial charge in [-0.15, -0.1) is 12.4 Å². The van der Waals surface area contributed by atoms with Crippen LogP contribution in [-0.4, -0.2) is 43.2 Å². The van der Waals surface area contributed by atoms with Crippen LogP contribution in [0.4, 0.5) is 4.79 Å². The van der Waals surface area contributed by atoms with Crippen molar-refractivity contribution in [2.75, 3.05) is 26.4 Å². The number of rotatable bonds is 7. The molecule has 0 aliphatic heterocycles. The average molecular weight is 420 g/mol. The topological polar surface area (TPSA) is 67.8 Å². The molecule has 2 aromatic rings. The molecule has 0 heterocycles. The number of hydrogen-bond donors (Lipinski definition) is 2. The minimum Gasteiger partial charge on any atom is -0.449 e.